The number of allylic oxidation sites excluding steroid dienone is 2. The van der Waals surface area contributed by atoms with E-state index >= 15 is 0 Å². The topological polar surface area (TPSA) is 92.8 Å². The number of ether oxygens (including phenoxy) is 1. The van der Waals surface area contributed by atoms with Gasteiger partial charge in [-0.2, -0.15) is 0 Å². The standard InChI is InChI=1S/C22H26N2O5/c1-12-9-10-18(13(2)11-12)23-19(25)15(4)29-22(28)14(3)24-20(26)16-7-5-6-8-17(16)21(24)27/h5-6,9-11,14-17H,7-8H2,1-4H3,(H,23,25)/t14-,15-,16-,17+/m0/s1. The lowest BCUT2D eigenvalue weighted by atomic mass is 9.85. The van der Waals surface area contributed by atoms with Gasteiger partial charge in [-0.1, -0.05) is 29.8 Å². The predicted octanol–water partition coefficient (Wildman–Crippen LogP) is 2.51. The van der Waals surface area contributed by atoms with Crippen molar-refractivity contribution < 1.29 is 23.9 Å². The maximum Gasteiger partial charge on any atom is 0.329 e. The molecule has 1 saturated heterocycles. The van der Waals surface area contributed by atoms with E-state index in [1.807, 2.05) is 38.1 Å². The minimum atomic E-state index is -1.07. The van der Waals surface area contributed by atoms with Gasteiger partial charge in [0.2, 0.25) is 11.8 Å². The molecule has 0 bridgehead atoms. The Kier molecular flexibility index (Phi) is 5.86. The molecule has 0 unspecified atom stereocenters. The molecule has 1 heterocycles. The van der Waals surface area contributed by atoms with Crippen molar-refractivity contribution in [2.75, 3.05) is 5.32 Å². The molecule has 154 valence electrons. The Balaban J connectivity index is 1.62. The zero-order valence-electron chi connectivity index (χ0n) is 17.1. The Morgan fingerprint density at radius 3 is 2.21 bits per heavy atom. The van der Waals surface area contributed by atoms with Crippen LogP contribution in [0.2, 0.25) is 0 Å². The molecule has 1 aromatic carbocycles. The highest BCUT2D eigenvalue weighted by molar-refractivity contribution is 6.08. The van der Waals surface area contributed by atoms with Gasteiger partial charge in [0, 0.05) is 5.69 Å². The van der Waals surface area contributed by atoms with E-state index in [4.69, 9.17) is 4.74 Å². The van der Waals surface area contributed by atoms with Crippen LogP contribution in [0.5, 0.6) is 0 Å². The second kappa shape index (κ2) is 8.19. The number of rotatable bonds is 5. The van der Waals surface area contributed by atoms with E-state index in [0.29, 0.717) is 18.5 Å². The summed E-state index contributed by atoms with van der Waals surface area (Å²) in [7, 11) is 0. The molecule has 7 nitrogen and oxygen atoms in total. The Morgan fingerprint density at radius 2 is 1.66 bits per heavy atom. The van der Waals surface area contributed by atoms with E-state index in [0.717, 1.165) is 16.0 Å². The predicted molar refractivity (Wildman–Crippen MR) is 107 cm³/mol. The van der Waals surface area contributed by atoms with Gasteiger partial charge in [0.25, 0.3) is 5.91 Å². The summed E-state index contributed by atoms with van der Waals surface area (Å²) >= 11 is 0. The lowest BCUT2D eigenvalue weighted by molar-refractivity contribution is -0.163. The van der Waals surface area contributed by atoms with E-state index in [9.17, 15) is 19.2 Å². The fraction of sp³-hybridized carbons (Fsp3) is 0.455. The number of nitrogens with zero attached hydrogens (tertiary/aromatic N) is 1. The first-order valence-corrected chi connectivity index (χ1v) is 9.81. The molecule has 4 atom stereocenters. The quantitative estimate of drug-likeness (QED) is 0.467. The van der Waals surface area contributed by atoms with Crippen LogP contribution in [0.1, 0.15) is 37.8 Å². The molecular formula is C22H26N2O5. The minimum absolute atomic E-state index is 0.346. The van der Waals surface area contributed by atoms with Gasteiger partial charge in [-0.05, 0) is 52.2 Å². The van der Waals surface area contributed by atoms with Crippen molar-refractivity contribution in [2.24, 2.45) is 11.8 Å². The number of aryl methyl sites for hydroxylation is 2. The summed E-state index contributed by atoms with van der Waals surface area (Å²) in [5.41, 5.74) is 2.61. The fourth-order valence-electron chi connectivity index (χ4n) is 3.83. The van der Waals surface area contributed by atoms with E-state index in [1.165, 1.54) is 13.8 Å². The van der Waals surface area contributed by atoms with E-state index < -0.39 is 35.9 Å². The number of hydrogen-bond acceptors (Lipinski definition) is 5. The summed E-state index contributed by atoms with van der Waals surface area (Å²) in [6, 6.07) is 4.53. The summed E-state index contributed by atoms with van der Waals surface area (Å²) in [6.45, 7) is 6.75. The van der Waals surface area contributed by atoms with Crippen LogP contribution in [0, 0.1) is 25.7 Å². The van der Waals surface area contributed by atoms with Crippen LogP contribution in [0.25, 0.3) is 0 Å². The Hall–Kier alpha value is -2.96. The van der Waals surface area contributed by atoms with Gasteiger partial charge in [-0.15, -0.1) is 0 Å². The lowest BCUT2D eigenvalue weighted by Gasteiger charge is -2.23. The largest absolute Gasteiger partial charge is 0.451 e. The van der Waals surface area contributed by atoms with Crippen molar-refractivity contribution in [2.45, 2.75) is 52.7 Å². The average molecular weight is 398 g/mol. The van der Waals surface area contributed by atoms with Crippen LogP contribution in [0.4, 0.5) is 5.69 Å². The molecule has 1 aromatic rings. The van der Waals surface area contributed by atoms with Gasteiger partial charge in [0.1, 0.15) is 6.04 Å². The van der Waals surface area contributed by atoms with Crippen molar-refractivity contribution in [3.63, 3.8) is 0 Å². The van der Waals surface area contributed by atoms with E-state index in [-0.39, 0.29) is 11.8 Å². The molecule has 1 fully saturated rings. The monoisotopic (exact) mass is 398 g/mol. The molecule has 1 N–H and O–H groups in total. The number of fused-ring (bicyclic) bond motifs is 1. The number of benzene rings is 1. The highest BCUT2D eigenvalue weighted by Crippen LogP contribution is 2.36. The highest BCUT2D eigenvalue weighted by Gasteiger charge is 2.50. The SMILES string of the molecule is Cc1ccc(NC(=O)[C@H](C)OC(=O)[C@H](C)N2C(=O)[C@H]3CC=CC[C@H]3C2=O)c(C)c1. The van der Waals surface area contributed by atoms with Gasteiger partial charge >= 0.3 is 5.97 Å². The van der Waals surface area contributed by atoms with Crippen LogP contribution >= 0.6 is 0 Å². The molecule has 0 aromatic heterocycles. The lowest BCUT2D eigenvalue weighted by Crippen LogP contribution is -2.46. The zero-order chi connectivity index (χ0) is 21.3. The molecule has 1 aliphatic heterocycles. The highest BCUT2D eigenvalue weighted by atomic mass is 16.5. The van der Waals surface area contributed by atoms with Gasteiger partial charge < -0.3 is 10.1 Å². The number of carbonyl (C=O) groups is 4. The first kappa shape index (κ1) is 20.8. The third-order valence-corrected chi connectivity index (χ3v) is 5.57. The second-order valence-electron chi connectivity index (χ2n) is 7.76. The van der Waals surface area contributed by atoms with Crippen molar-refractivity contribution in [1.82, 2.24) is 4.90 Å². The molecular weight excluding hydrogens is 372 g/mol. The van der Waals surface area contributed by atoms with Crippen LogP contribution in [0.15, 0.2) is 30.4 Å². The average Bonchev–Trinajstić information content (AvgIpc) is 2.94. The van der Waals surface area contributed by atoms with Crippen LogP contribution in [-0.4, -0.2) is 40.7 Å². The van der Waals surface area contributed by atoms with Gasteiger partial charge in [0.05, 0.1) is 11.8 Å². The van der Waals surface area contributed by atoms with Crippen LogP contribution in [-0.2, 0) is 23.9 Å². The first-order valence-electron chi connectivity index (χ1n) is 9.81. The number of carbonyl (C=O) groups excluding carboxylic acids is 4. The number of esters is 1. The Bertz CT molecular complexity index is 865. The molecule has 3 rings (SSSR count). The van der Waals surface area contributed by atoms with Crippen molar-refractivity contribution in [1.29, 1.82) is 0 Å². The van der Waals surface area contributed by atoms with Gasteiger partial charge in [0.15, 0.2) is 6.10 Å². The minimum Gasteiger partial charge on any atom is -0.451 e. The van der Waals surface area contributed by atoms with E-state index in [1.54, 1.807) is 6.07 Å². The van der Waals surface area contributed by atoms with Crippen molar-refractivity contribution in [3.05, 3.63) is 41.5 Å². The summed E-state index contributed by atoms with van der Waals surface area (Å²) < 4.78 is 5.26. The smallest absolute Gasteiger partial charge is 0.329 e. The first-order chi connectivity index (χ1) is 13.7. The molecule has 0 saturated carbocycles. The summed E-state index contributed by atoms with van der Waals surface area (Å²) in [4.78, 5) is 51.2. The van der Waals surface area contributed by atoms with Crippen molar-refractivity contribution >= 4 is 29.4 Å². The molecule has 1 aliphatic carbocycles. The summed E-state index contributed by atoms with van der Waals surface area (Å²) in [5.74, 6) is -2.76. The fourth-order valence-corrected chi connectivity index (χ4v) is 3.83. The summed E-state index contributed by atoms with van der Waals surface area (Å²) in [5, 5.41) is 2.74. The van der Waals surface area contributed by atoms with Crippen LogP contribution in [0.3, 0.4) is 0 Å². The molecule has 3 amide bonds. The number of amides is 3. The Morgan fingerprint density at radius 1 is 1.07 bits per heavy atom. The second-order valence-corrected chi connectivity index (χ2v) is 7.76. The number of likely N-dealkylation sites (tertiary alicyclic amines) is 1. The Labute approximate surface area is 170 Å². The number of nitrogens with one attached hydrogen (secondary N) is 1. The number of imide groups is 1. The van der Waals surface area contributed by atoms with Crippen molar-refractivity contribution in [3.8, 4) is 0 Å². The normalized spacial score (nSPS) is 22.8. The van der Waals surface area contributed by atoms with E-state index in [2.05, 4.69) is 5.32 Å². The summed E-state index contributed by atoms with van der Waals surface area (Å²) in [6.07, 6.45) is 3.71. The molecule has 7 heteroatoms. The maximum atomic E-state index is 12.6. The third-order valence-electron chi connectivity index (χ3n) is 5.57. The maximum absolute atomic E-state index is 12.6. The molecule has 0 radical (unpaired) electrons. The zero-order valence-corrected chi connectivity index (χ0v) is 17.1. The third kappa shape index (κ3) is 4.09. The van der Waals surface area contributed by atoms with Gasteiger partial charge in [-0.25, -0.2) is 4.79 Å². The number of hydrogen-bond donors (Lipinski definition) is 1. The molecule has 2 aliphatic rings. The number of anilines is 1. The van der Waals surface area contributed by atoms with Crippen LogP contribution < -0.4 is 5.32 Å². The molecule has 0 spiro atoms. The van der Waals surface area contributed by atoms with Gasteiger partial charge in [-0.3, -0.25) is 19.3 Å². The molecule has 29 heavy (non-hydrogen) atoms.